The van der Waals surface area contributed by atoms with E-state index >= 15 is 0 Å². The van der Waals surface area contributed by atoms with Crippen molar-refractivity contribution >= 4 is 23.5 Å². The molecule has 2 aromatic rings. The summed E-state index contributed by atoms with van der Waals surface area (Å²) in [6.07, 6.45) is 0.410. The van der Waals surface area contributed by atoms with Crippen molar-refractivity contribution < 1.29 is 14.3 Å². The Kier molecular flexibility index (Phi) is 3.46. The van der Waals surface area contributed by atoms with Crippen LogP contribution in [0.3, 0.4) is 0 Å². The van der Waals surface area contributed by atoms with Crippen molar-refractivity contribution in [2.75, 3.05) is 6.61 Å². The fraction of sp³-hybridized carbons (Fsp3) is 0.222. The van der Waals surface area contributed by atoms with Crippen LogP contribution in [0.15, 0.2) is 48.5 Å². The van der Waals surface area contributed by atoms with Crippen LogP contribution in [0, 0.1) is 0 Å². The molecule has 0 saturated carbocycles. The summed E-state index contributed by atoms with van der Waals surface area (Å²) in [6, 6.07) is 14.1. The summed E-state index contributed by atoms with van der Waals surface area (Å²) in [4.78, 5) is 26.8. The highest BCUT2D eigenvalue weighted by Crippen LogP contribution is 2.41. The summed E-state index contributed by atoms with van der Waals surface area (Å²) in [7, 11) is 0. The minimum absolute atomic E-state index is 0.148. The highest BCUT2D eigenvalue weighted by atomic mass is 35.5. The summed E-state index contributed by atoms with van der Waals surface area (Å²) in [5.74, 6) is 0.375. The van der Waals surface area contributed by atoms with E-state index in [4.69, 9.17) is 16.3 Å². The number of halogens is 1. The fourth-order valence-electron chi connectivity index (χ4n) is 3.31. The molecule has 24 heavy (non-hydrogen) atoms. The van der Waals surface area contributed by atoms with Crippen LogP contribution in [0.4, 0.5) is 4.79 Å². The van der Waals surface area contributed by atoms with Crippen LogP contribution in [-0.4, -0.2) is 23.4 Å². The summed E-state index contributed by atoms with van der Waals surface area (Å²) in [5, 5.41) is 3.41. The van der Waals surface area contributed by atoms with Crippen LogP contribution in [0.1, 0.15) is 17.5 Å². The molecule has 1 spiro atoms. The van der Waals surface area contributed by atoms with Gasteiger partial charge in [0.05, 0.1) is 13.2 Å². The van der Waals surface area contributed by atoms with E-state index in [-0.39, 0.29) is 12.5 Å². The molecular formula is C18H15ClN2O3. The van der Waals surface area contributed by atoms with Crippen molar-refractivity contribution in [3.8, 4) is 5.75 Å². The number of ether oxygens (including phenoxy) is 1. The normalized spacial score (nSPS) is 22.3. The smallest absolute Gasteiger partial charge is 0.325 e. The van der Waals surface area contributed by atoms with Crippen LogP contribution in [0.25, 0.3) is 0 Å². The predicted molar refractivity (Wildman–Crippen MR) is 88.8 cm³/mol. The number of hydrogen-bond acceptors (Lipinski definition) is 3. The van der Waals surface area contributed by atoms with Gasteiger partial charge in [-0.25, -0.2) is 4.79 Å². The average molecular weight is 343 g/mol. The molecule has 0 radical (unpaired) electrons. The zero-order valence-electron chi connectivity index (χ0n) is 12.8. The van der Waals surface area contributed by atoms with Crippen molar-refractivity contribution in [2.45, 2.75) is 18.5 Å². The lowest BCUT2D eigenvalue weighted by Crippen LogP contribution is -2.47. The summed E-state index contributed by atoms with van der Waals surface area (Å²) < 4.78 is 5.62. The highest BCUT2D eigenvalue weighted by molar-refractivity contribution is 6.31. The van der Waals surface area contributed by atoms with E-state index in [1.54, 1.807) is 6.07 Å². The Hall–Kier alpha value is -2.53. The zero-order chi connectivity index (χ0) is 16.7. The number of para-hydroxylation sites is 1. The van der Waals surface area contributed by atoms with Crippen molar-refractivity contribution in [1.82, 2.24) is 10.2 Å². The highest BCUT2D eigenvalue weighted by Gasteiger charge is 2.54. The van der Waals surface area contributed by atoms with Gasteiger partial charge in [-0.3, -0.25) is 9.69 Å². The number of nitrogens with zero attached hydrogens (tertiary/aromatic N) is 1. The molecule has 1 unspecified atom stereocenters. The molecule has 0 bridgehead atoms. The van der Waals surface area contributed by atoms with Gasteiger partial charge >= 0.3 is 6.03 Å². The monoisotopic (exact) mass is 342 g/mol. The van der Waals surface area contributed by atoms with E-state index in [9.17, 15) is 9.59 Å². The van der Waals surface area contributed by atoms with E-state index in [0.717, 1.165) is 5.56 Å². The molecule has 1 fully saturated rings. The number of fused-ring (bicyclic) bond motifs is 2. The molecule has 1 atom stereocenters. The molecule has 1 saturated heterocycles. The molecule has 0 aromatic heterocycles. The van der Waals surface area contributed by atoms with E-state index in [2.05, 4.69) is 5.32 Å². The van der Waals surface area contributed by atoms with E-state index < -0.39 is 11.6 Å². The van der Waals surface area contributed by atoms with Gasteiger partial charge in [0, 0.05) is 17.0 Å². The Bertz CT molecular complexity index is 839. The number of benzene rings is 2. The van der Waals surface area contributed by atoms with Gasteiger partial charge in [-0.2, -0.15) is 0 Å². The third-order valence-corrected chi connectivity index (χ3v) is 4.91. The fourth-order valence-corrected chi connectivity index (χ4v) is 3.51. The number of hydrogen-bond donors (Lipinski definition) is 1. The van der Waals surface area contributed by atoms with Crippen molar-refractivity contribution in [3.63, 3.8) is 0 Å². The van der Waals surface area contributed by atoms with Gasteiger partial charge in [-0.15, -0.1) is 0 Å². The molecule has 2 aromatic carbocycles. The second kappa shape index (κ2) is 5.53. The molecule has 6 heteroatoms. The second-order valence-corrected chi connectivity index (χ2v) is 6.32. The van der Waals surface area contributed by atoms with E-state index in [1.165, 1.54) is 4.90 Å². The Morgan fingerprint density at radius 2 is 1.88 bits per heavy atom. The second-order valence-electron chi connectivity index (χ2n) is 5.91. The number of imide groups is 1. The molecule has 2 aliphatic heterocycles. The van der Waals surface area contributed by atoms with Crippen molar-refractivity contribution in [2.24, 2.45) is 0 Å². The molecule has 2 aliphatic rings. The average Bonchev–Trinajstić information content (AvgIpc) is 2.82. The predicted octanol–water partition coefficient (Wildman–Crippen LogP) is 3.07. The first kappa shape index (κ1) is 15.0. The largest absolute Gasteiger partial charge is 0.493 e. The lowest BCUT2D eigenvalue weighted by atomic mass is 9.84. The Morgan fingerprint density at radius 3 is 2.71 bits per heavy atom. The van der Waals surface area contributed by atoms with Gasteiger partial charge in [-0.05, 0) is 17.7 Å². The first-order chi connectivity index (χ1) is 11.6. The maximum atomic E-state index is 13.1. The van der Waals surface area contributed by atoms with Gasteiger partial charge in [0.25, 0.3) is 5.91 Å². The molecule has 3 amide bonds. The number of carbonyl (C=O) groups excluding carboxylic acids is 2. The third kappa shape index (κ3) is 2.16. The Balaban J connectivity index is 1.71. The topological polar surface area (TPSA) is 58.6 Å². The molecular weight excluding hydrogens is 328 g/mol. The first-order valence-electron chi connectivity index (χ1n) is 7.72. The molecule has 0 aliphatic carbocycles. The number of nitrogens with one attached hydrogen (secondary N) is 1. The quantitative estimate of drug-likeness (QED) is 0.853. The van der Waals surface area contributed by atoms with Crippen LogP contribution in [0.2, 0.25) is 5.02 Å². The van der Waals surface area contributed by atoms with Gasteiger partial charge < -0.3 is 10.1 Å². The van der Waals surface area contributed by atoms with Crippen molar-refractivity contribution in [3.05, 3.63) is 64.7 Å². The summed E-state index contributed by atoms with van der Waals surface area (Å²) >= 11 is 6.17. The minimum atomic E-state index is -1.05. The van der Waals surface area contributed by atoms with Crippen LogP contribution in [0.5, 0.6) is 5.75 Å². The molecule has 4 rings (SSSR count). The summed E-state index contributed by atoms with van der Waals surface area (Å²) in [5.41, 5.74) is 0.393. The van der Waals surface area contributed by atoms with Crippen LogP contribution >= 0.6 is 11.6 Å². The minimum Gasteiger partial charge on any atom is -0.493 e. The van der Waals surface area contributed by atoms with Gasteiger partial charge in [0.2, 0.25) is 0 Å². The van der Waals surface area contributed by atoms with Gasteiger partial charge in [-0.1, -0.05) is 48.0 Å². The van der Waals surface area contributed by atoms with E-state index in [0.29, 0.717) is 29.4 Å². The van der Waals surface area contributed by atoms with Gasteiger partial charge in [0.1, 0.15) is 5.75 Å². The first-order valence-corrected chi connectivity index (χ1v) is 8.09. The van der Waals surface area contributed by atoms with Gasteiger partial charge in [0.15, 0.2) is 5.54 Å². The zero-order valence-corrected chi connectivity index (χ0v) is 13.5. The molecule has 1 N–H and O–H groups in total. The maximum Gasteiger partial charge on any atom is 0.325 e. The van der Waals surface area contributed by atoms with Crippen molar-refractivity contribution in [1.29, 1.82) is 0 Å². The number of rotatable bonds is 2. The Morgan fingerprint density at radius 1 is 1.12 bits per heavy atom. The lowest BCUT2D eigenvalue weighted by Gasteiger charge is -2.33. The van der Waals surface area contributed by atoms with E-state index in [1.807, 2.05) is 42.5 Å². The maximum absolute atomic E-state index is 13.1. The number of urea groups is 1. The standard InChI is InChI=1S/C18H15ClN2O3/c19-14-7-3-1-5-12(14)11-21-16(22)18(20-17(21)23)9-10-24-15-8-4-2-6-13(15)18/h1-8H,9-11H2,(H,20,23). The molecule has 2 heterocycles. The SMILES string of the molecule is O=C1NC2(CCOc3ccccc32)C(=O)N1Cc1ccccc1Cl. The molecule has 122 valence electrons. The number of carbonyl (C=O) groups is 2. The lowest BCUT2D eigenvalue weighted by molar-refractivity contribution is -0.133. The van der Waals surface area contributed by atoms with Crippen LogP contribution < -0.4 is 10.1 Å². The summed E-state index contributed by atoms with van der Waals surface area (Å²) in [6.45, 7) is 0.526. The molecule has 5 nitrogen and oxygen atoms in total. The Labute approximate surface area is 144 Å². The third-order valence-electron chi connectivity index (χ3n) is 4.54. The van der Waals surface area contributed by atoms with Crippen LogP contribution in [-0.2, 0) is 16.9 Å². The number of amides is 3.